The van der Waals surface area contributed by atoms with E-state index < -0.39 is 0 Å². The van der Waals surface area contributed by atoms with Gasteiger partial charge >= 0.3 is 0 Å². The molecule has 3 rings (SSSR count). The Balaban J connectivity index is 2.06. The van der Waals surface area contributed by atoms with Gasteiger partial charge in [0.05, 0.1) is 18.5 Å². The van der Waals surface area contributed by atoms with Crippen molar-refractivity contribution < 1.29 is 4.74 Å². The second-order valence-electron chi connectivity index (χ2n) is 5.08. The van der Waals surface area contributed by atoms with Crippen molar-refractivity contribution >= 4 is 11.4 Å². The molecule has 0 unspecified atom stereocenters. The van der Waals surface area contributed by atoms with Crippen molar-refractivity contribution in [2.24, 2.45) is 0 Å². The molecule has 0 aromatic heterocycles. The zero-order valence-corrected chi connectivity index (χ0v) is 12.4. The van der Waals surface area contributed by atoms with Gasteiger partial charge in [-0.3, -0.25) is 0 Å². The summed E-state index contributed by atoms with van der Waals surface area (Å²) in [7, 11) is 1.65. The van der Waals surface area contributed by atoms with Gasteiger partial charge in [0.1, 0.15) is 5.75 Å². The van der Waals surface area contributed by atoms with E-state index in [-0.39, 0.29) is 0 Å². The summed E-state index contributed by atoms with van der Waals surface area (Å²) in [4.78, 5) is 0. The molecular weight excluding hydrogens is 272 g/mol. The van der Waals surface area contributed by atoms with Crippen LogP contribution in [0.5, 0.6) is 5.75 Å². The van der Waals surface area contributed by atoms with Crippen LogP contribution in [0.1, 0.15) is 0 Å². The molecule has 0 aliphatic carbocycles. The number of rotatable bonds is 3. The Morgan fingerprint density at radius 3 is 1.64 bits per heavy atom. The lowest BCUT2D eigenvalue weighted by Gasteiger charge is -2.13. The minimum absolute atomic E-state index is 0.603. The van der Waals surface area contributed by atoms with Gasteiger partial charge in [-0.25, -0.2) is 0 Å². The van der Waals surface area contributed by atoms with Crippen LogP contribution in [0, 0.1) is 0 Å². The van der Waals surface area contributed by atoms with Gasteiger partial charge < -0.3 is 16.2 Å². The van der Waals surface area contributed by atoms with E-state index in [1.54, 1.807) is 7.11 Å². The first kappa shape index (κ1) is 14.0. The molecule has 0 saturated heterocycles. The lowest BCUT2D eigenvalue weighted by atomic mass is 9.96. The SMILES string of the molecule is COc1ccc(-c2ccc(-c3ccccc3)c(N)c2N)cc1. The highest BCUT2D eigenvalue weighted by atomic mass is 16.5. The Kier molecular flexibility index (Phi) is 3.71. The summed E-state index contributed by atoms with van der Waals surface area (Å²) in [6.45, 7) is 0. The van der Waals surface area contributed by atoms with E-state index in [9.17, 15) is 0 Å². The molecule has 3 heteroatoms. The van der Waals surface area contributed by atoms with E-state index in [0.717, 1.165) is 28.0 Å². The molecule has 0 aliphatic heterocycles. The molecule has 0 radical (unpaired) electrons. The fraction of sp³-hybridized carbons (Fsp3) is 0.0526. The summed E-state index contributed by atoms with van der Waals surface area (Å²) in [5, 5.41) is 0. The van der Waals surface area contributed by atoms with Crippen molar-refractivity contribution in [3.63, 3.8) is 0 Å². The Bertz CT molecular complexity index is 781. The molecule has 3 nitrogen and oxygen atoms in total. The molecule has 0 spiro atoms. The molecule has 0 saturated carbocycles. The smallest absolute Gasteiger partial charge is 0.118 e. The van der Waals surface area contributed by atoms with E-state index in [1.165, 1.54) is 0 Å². The Hall–Kier alpha value is -2.94. The van der Waals surface area contributed by atoms with Crippen molar-refractivity contribution in [1.29, 1.82) is 0 Å². The summed E-state index contributed by atoms with van der Waals surface area (Å²) >= 11 is 0. The second-order valence-corrected chi connectivity index (χ2v) is 5.08. The largest absolute Gasteiger partial charge is 0.497 e. The van der Waals surface area contributed by atoms with Crippen LogP contribution < -0.4 is 16.2 Å². The number of nitrogens with two attached hydrogens (primary N) is 2. The lowest BCUT2D eigenvalue weighted by Crippen LogP contribution is -2.00. The van der Waals surface area contributed by atoms with E-state index in [2.05, 4.69) is 0 Å². The van der Waals surface area contributed by atoms with Gasteiger partial charge in [0.25, 0.3) is 0 Å². The van der Waals surface area contributed by atoms with Crippen molar-refractivity contribution in [1.82, 2.24) is 0 Å². The van der Waals surface area contributed by atoms with Crippen LogP contribution in [0.2, 0.25) is 0 Å². The molecular formula is C19H18N2O. The summed E-state index contributed by atoms with van der Waals surface area (Å²) in [6, 6.07) is 21.8. The first-order valence-electron chi connectivity index (χ1n) is 7.08. The van der Waals surface area contributed by atoms with Gasteiger partial charge in [-0.1, -0.05) is 54.6 Å². The molecule has 3 aromatic rings. The van der Waals surface area contributed by atoms with Gasteiger partial charge in [0, 0.05) is 11.1 Å². The molecule has 22 heavy (non-hydrogen) atoms. The van der Waals surface area contributed by atoms with Crippen molar-refractivity contribution in [3.05, 3.63) is 66.7 Å². The van der Waals surface area contributed by atoms with Crippen LogP contribution >= 0.6 is 0 Å². The summed E-state index contributed by atoms with van der Waals surface area (Å²) in [6.07, 6.45) is 0. The van der Waals surface area contributed by atoms with Gasteiger partial charge in [-0.05, 0) is 23.3 Å². The van der Waals surface area contributed by atoms with Crippen molar-refractivity contribution in [2.75, 3.05) is 18.6 Å². The maximum Gasteiger partial charge on any atom is 0.118 e. The molecule has 0 atom stereocenters. The molecule has 0 amide bonds. The van der Waals surface area contributed by atoms with E-state index in [0.29, 0.717) is 11.4 Å². The van der Waals surface area contributed by atoms with Crippen molar-refractivity contribution in [3.8, 4) is 28.0 Å². The van der Waals surface area contributed by atoms with Gasteiger partial charge in [-0.2, -0.15) is 0 Å². The average molecular weight is 290 g/mol. The first-order valence-corrected chi connectivity index (χ1v) is 7.08. The first-order chi connectivity index (χ1) is 10.7. The number of anilines is 2. The number of methoxy groups -OCH3 is 1. The molecule has 110 valence electrons. The number of hydrogen-bond donors (Lipinski definition) is 2. The maximum absolute atomic E-state index is 6.27. The van der Waals surface area contributed by atoms with Crippen LogP contribution in [-0.2, 0) is 0 Å². The fourth-order valence-corrected chi connectivity index (χ4v) is 2.53. The third-order valence-corrected chi connectivity index (χ3v) is 3.77. The third kappa shape index (κ3) is 2.49. The Morgan fingerprint density at radius 1 is 0.636 bits per heavy atom. The monoisotopic (exact) mass is 290 g/mol. The number of nitrogen functional groups attached to an aromatic ring is 2. The van der Waals surface area contributed by atoms with Gasteiger partial charge in [0.15, 0.2) is 0 Å². The van der Waals surface area contributed by atoms with Crippen LogP contribution in [-0.4, -0.2) is 7.11 Å². The van der Waals surface area contributed by atoms with Crippen LogP contribution in [0.15, 0.2) is 66.7 Å². The Labute approximate surface area is 130 Å². The van der Waals surface area contributed by atoms with Gasteiger partial charge in [-0.15, -0.1) is 0 Å². The molecule has 4 N–H and O–H groups in total. The van der Waals surface area contributed by atoms with Crippen molar-refractivity contribution in [2.45, 2.75) is 0 Å². The Morgan fingerprint density at radius 2 is 1.14 bits per heavy atom. The zero-order valence-electron chi connectivity index (χ0n) is 12.4. The van der Waals surface area contributed by atoms with Gasteiger partial charge in [0.2, 0.25) is 0 Å². The maximum atomic E-state index is 6.27. The highest BCUT2D eigenvalue weighted by molar-refractivity contribution is 5.93. The summed E-state index contributed by atoms with van der Waals surface area (Å²) < 4.78 is 5.18. The molecule has 0 bridgehead atoms. The normalized spacial score (nSPS) is 10.4. The summed E-state index contributed by atoms with van der Waals surface area (Å²) in [5.74, 6) is 0.816. The molecule has 0 heterocycles. The highest BCUT2D eigenvalue weighted by Crippen LogP contribution is 2.37. The minimum atomic E-state index is 0.603. The molecule has 0 aliphatic rings. The molecule has 3 aromatic carbocycles. The second kappa shape index (κ2) is 5.82. The van der Waals surface area contributed by atoms with E-state index >= 15 is 0 Å². The summed E-state index contributed by atoms with van der Waals surface area (Å²) in [5.41, 5.74) is 17.7. The third-order valence-electron chi connectivity index (χ3n) is 3.77. The zero-order chi connectivity index (χ0) is 15.5. The lowest BCUT2D eigenvalue weighted by molar-refractivity contribution is 0.415. The number of ether oxygens (including phenoxy) is 1. The standard InChI is InChI=1S/C19H18N2O/c1-22-15-9-7-14(8-10-15)17-12-11-16(18(20)19(17)21)13-5-3-2-4-6-13/h2-12H,20-21H2,1H3. The number of benzene rings is 3. The van der Waals surface area contributed by atoms with Crippen LogP contribution in [0.25, 0.3) is 22.3 Å². The topological polar surface area (TPSA) is 61.3 Å². The number of hydrogen-bond acceptors (Lipinski definition) is 3. The average Bonchev–Trinajstić information content (AvgIpc) is 2.58. The predicted octanol–water partition coefficient (Wildman–Crippen LogP) is 4.19. The molecule has 0 fully saturated rings. The fourth-order valence-electron chi connectivity index (χ4n) is 2.53. The van der Waals surface area contributed by atoms with Crippen LogP contribution in [0.4, 0.5) is 11.4 Å². The van der Waals surface area contributed by atoms with E-state index in [4.69, 9.17) is 16.2 Å². The van der Waals surface area contributed by atoms with Crippen LogP contribution in [0.3, 0.4) is 0 Å². The van der Waals surface area contributed by atoms with E-state index in [1.807, 2.05) is 66.7 Å². The predicted molar refractivity (Wildman–Crippen MR) is 92.7 cm³/mol. The highest BCUT2D eigenvalue weighted by Gasteiger charge is 2.11. The quantitative estimate of drug-likeness (QED) is 0.711. The minimum Gasteiger partial charge on any atom is -0.497 e.